The summed E-state index contributed by atoms with van der Waals surface area (Å²) in [5, 5.41) is 8.80. The van der Waals surface area contributed by atoms with Crippen molar-refractivity contribution >= 4 is 12.2 Å². The Balaban J connectivity index is 2.21. The highest BCUT2D eigenvalue weighted by Gasteiger charge is 2.03. The summed E-state index contributed by atoms with van der Waals surface area (Å²) in [6.07, 6.45) is 2.89. The number of likely N-dealkylation sites (N-methyl/N-ethyl adjacent to an activating group) is 1. The van der Waals surface area contributed by atoms with Crippen LogP contribution in [0.4, 0.5) is 4.79 Å². The number of amides is 1. The van der Waals surface area contributed by atoms with Crippen LogP contribution in [0, 0.1) is 0 Å². The zero-order chi connectivity index (χ0) is 14.4. The van der Waals surface area contributed by atoms with Gasteiger partial charge in [-0.25, -0.2) is 4.79 Å². The second-order valence-electron chi connectivity index (χ2n) is 4.52. The average Bonchev–Trinajstić information content (AvgIpc) is 2.48. The third kappa shape index (κ3) is 3.48. The molecule has 0 unspecified atom stereocenters. The van der Waals surface area contributed by atoms with Crippen LogP contribution in [0.5, 0.6) is 0 Å². The van der Waals surface area contributed by atoms with E-state index in [2.05, 4.69) is 18.2 Å². The van der Waals surface area contributed by atoms with Gasteiger partial charge in [0.15, 0.2) is 0 Å². The zero-order valence-electron chi connectivity index (χ0n) is 11.4. The Labute approximate surface area is 118 Å². The molecular weight excluding hydrogens is 250 g/mol. The molecule has 0 heterocycles. The summed E-state index contributed by atoms with van der Waals surface area (Å²) in [4.78, 5) is 12.0. The lowest BCUT2D eigenvalue weighted by atomic mass is 9.99. The number of carboxylic acid groups (broad SMARTS) is 1. The van der Waals surface area contributed by atoms with Gasteiger partial charge >= 0.3 is 6.09 Å². The van der Waals surface area contributed by atoms with Crippen LogP contribution >= 0.6 is 0 Å². The first-order valence-electron chi connectivity index (χ1n) is 6.43. The van der Waals surface area contributed by atoms with E-state index in [9.17, 15) is 4.79 Å². The van der Waals surface area contributed by atoms with Crippen molar-refractivity contribution in [1.82, 2.24) is 4.90 Å². The number of benzene rings is 2. The SMILES string of the molecule is CN(C/C=C/c1ccccc1-c1ccccc1)C(=O)O. The highest BCUT2D eigenvalue weighted by molar-refractivity contribution is 5.75. The number of nitrogens with zero attached hydrogens (tertiary/aromatic N) is 1. The fourth-order valence-electron chi connectivity index (χ4n) is 1.94. The molecule has 0 saturated carbocycles. The Hall–Kier alpha value is -2.55. The van der Waals surface area contributed by atoms with Gasteiger partial charge in [0.05, 0.1) is 0 Å². The molecule has 0 saturated heterocycles. The van der Waals surface area contributed by atoms with E-state index in [0.29, 0.717) is 6.54 Å². The molecule has 102 valence electrons. The third-order valence-electron chi connectivity index (χ3n) is 3.05. The molecule has 1 amide bonds. The van der Waals surface area contributed by atoms with Crippen LogP contribution in [-0.4, -0.2) is 29.7 Å². The molecule has 0 atom stereocenters. The molecule has 2 aromatic rings. The molecule has 3 nitrogen and oxygen atoms in total. The van der Waals surface area contributed by atoms with Crippen LogP contribution in [0.3, 0.4) is 0 Å². The molecule has 2 aromatic carbocycles. The standard InChI is InChI=1S/C17H17NO2/c1-18(17(19)20)13-7-11-15-10-5-6-12-16(15)14-8-3-2-4-9-14/h2-12H,13H2,1H3,(H,19,20)/b11-7+. The second kappa shape index (κ2) is 6.57. The topological polar surface area (TPSA) is 40.5 Å². The number of rotatable bonds is 4. The Morgan fingerprint density at radius 2 is 1.75 bits per heavy atom. The minimum absolute atomic E-state index is 0.373. The molecule has 2 rings (SSSR count). The van der Waals surface area contributed by atoms with Gasteiger partial charge in [0.1, 0.15) is 0 Å². The molecule has 0 aromatic heterocycles. The summed E-state index contributed by atoms with van der Waals surface area (Å²) in [7, 11) is 1.55. The zero-order valence-corrected chi connectivity index (χ0v) is 11.4. The summed E-state index contributed by atoms with van der Waals surface area (Å²) in [5.41, 5.74) is 3.37. The van der Waals surface area contributed by atoms with Crippen molar-refractivity contribution in [2.24, 2.45) is 0 Å². The summed E-state index contributed by atoms with van der Waals surface area (Å²) < 4.78 is 0. The smallest absolute Gasteiger partial charge is 0.407 e. The lowest BCUT2D eigenvalue weighted by molar-refractivity contribution is 0.160. The maximum Gasteiger partial charge on any atom is 0.407 e. The van der Waals surface area contributed by atoms with Crippen LogP contribution in [0.1, 0.15) is 5.56 Å². The van der Waals surface area contributed by atoms with Crippen molar-refractivity contribution < 1.29 is 9.90 Å². The van der Waals surface area contributed by atoms with E-state index in [1.165, 1.54) is 4.90 Å². The molecule has 0 aliphatic rings. The molecule has 0 aliphatic heterocycles. The van der Waals surface area contributed by atoms with Crippen molar-refractivity contribution in [3.05, 3.63) is 66.2 Å². The molecule has 20 heavy (non-hydrogen) atoms. The van der Waals surface area contributed by atoms with Gasteiger partial charge in [-0.3, -0.25) is 0 Å². The van der Waals surface area contributed by atoms with Gasteiger partial charge in [0.2, 0.25) is 0 Å². The maximum atomic E-state index is 10.7. The highest BCUT2D eigenvalue weighted by Crippen LogP contribution is 2.24. The third-order valence-corrected chi connectivity index (χ3v) is 3.05. The van der Waals surface area contributed by atoms with E-state index in [1.807, 2.05) is 48.6 Å². The molecular formula is C17H17NO2. The van der Waals surface area contributed by atoms with Crippen molar-refractivity contribution in [2.75, 3.05) is 13.6 Å². The quantitative estimate of drug-likeness (QED) is 0.910. The largest absolute Gasteiger partial charge is 0.465 e. The minimum atomic E-state index is -0.925. The van der Waals surface area contributed by atoms with Gasteiger partial charge < -0.3 is 10.0 Å². The maximum absolute atomic E-state index is 10.7. The van der Waals surface area contributed by atoms with E-state index < -0.39 is 6.09 Å². The Kier molecular flexibility index (Phi) is 4.56. The predicted octanol–water partition coefficient (Wildman–Crippen LogP) is 3.98. The van der Waals surface area contributed by atoms with Gasteiger partial charge in [-0.2, -0.15) is 0 Å². The fourth-order valence-corrected chi connectivity index (χ4v) is 1.94. The number of hydrogen-bond donors (Lipinski definition) is 1. The van der Waals surface area contributed by atoms with E-state index in [0.717, 1.165) is 16.7 Å². The first-order valence-corrected chi connectivity index (χ1v) is 6.43. The number of carbonyl (C=O) groups is 1. The van der Waals surface area contributed by atoms with Crippen LogP contribution in [-0.2, 0) is 0 Å². The first-order chi connectivity index (χ1) is 9.68. The molecule has 1 N–H and O–H groups in total. The highest BCUT2D eigenvalue weighted by atomic mass is 16.4. The molecule has 3 heteroatoms. The van der Waals surface area contributed by atoms with Crippen molar-refractivity contribution in [3.8, 4) is 11.1 Å². The van der Waals surface area contributed by atoms with E-state index in [-0.39, 0.29) is 0 Å². The molecule has 0 spiro atoms. The number of hydrogen-bond acceptors (Lipinski definition) is 1. The minimum Gasteiger partial charge on any atom is -0.465 e. The summed E-state index contributed by atoms with van der Waals surface area (Å²) >= 11 is 0. The molecule has 0 fully saturated rings. The Morgan fingerprint density at radius 3 is 2.45 bits per heavy atom. The van der Waals surface area contributed by atoms with E-state index in [4.69, 9.17) is 5.11 Å². The normalized spacial score (nSPS) is 10.7. The molecule has 0 aliphatic carbocycles. The predicted molar refractivity (Wildman–Crippen MR) is 81.6 cm³/mol. The fraction of sp³-hybridized carbons (Fsp3) is 0.118. The van der Waals surface area contributed by atoms with Crippen molar-refractivity contribution in [2.45, 2.75) is 0 Å². The second-order valence-corrected chi connectivity index (χ2v) is 4.52. The lowest BCUT2D eigenvalue weighted by Crippen LogP contribution is -2.24. The first kappa shape index (κ1) is 13.9. The lowest BCUT2D eigenvalue weighted by Gasteiger charge is -2.09. The van der Waals surface area contributed by atoms with Crippen LogP contribution in [0.25, 0.3) is 17.2 Å². The summed E-state index contributed by atoms with van der Waals surface area (Å²) in [6.45, 7) is 0.373. The van der Waals surface area contributed by atoms with Crippen molar-refractivity contribution in [1.29, 1.82) is 0 Å². The summed E-state index contributed by atoms with van der Waals surface area (Å²) in [5.74, 6) is 0. The molecule has 0 bridgehead atoms. The van der Waals surface area contributed by atoms with Gasteiger partial charge in [-0.15, -0.1) is 0 Å². The van der Waals surface area contributed by atoms with Crippen molar-refractivity contribution in [3.63, 3.8) is 0 Å². The van der Waals surface area contributed by atoms with Gasteiger partial charge in [-0.1, -0.05) is 66.7 Å². The van der Waals surface area contributed by atoms with Crippen LogP contribution < -0.4 is 0 Å². The van der Waals surface area contributed by atoms with E-state index >= 15 is 0 Å². The Bertz CT molecular complexity index is 605. The molecule has 0 radical (unpaired) electrons. The van der Waals surface area contributed by atoms with Crippen LogP contribution in [0.2, 0.25) is 0 Å². The monoisotopic (exact) mass is 267 g/mol. The van der Waals surface area contributed by atoms with Gasteiger partial charge in [0.25, 0.3) is 0 Å². The van der Waals surface area contributed by atoms with Gasteiger partial charge in [0, 0.05) is 13.6 Å². The Morgan fingerprint density at radius 1 is 1.10 bits per heavy atom. The van der Waals surface area contributed by atoms with E-state index in [1.54, 1.807) is 7.05 Å². The average molecular weight is 267 g/mol. The summed E-state index contributed by atoms with van der Waals surface area (Å²) in [6, 6.07) is 18.2. The van der Waals surface area contributed by atoms with Gasteiger partial charge in [-0.05, 0) is 16.7 Å². The van der Waals surface area contributed by atoms with Crippen LogP contribution in [0.15, 0.2) is 60.7 Å².